The molecule has 0 bridgehead atoms. The molecule has 1 aromatic heterocycles. The lowest BCUT2D eigenvalue weighted by Gasteiger charge is -2.30. The SMILES string of the molecule is CCOC(=O)C1=C(C)NC(C)=C(C(=O)OCCN(C)Cc2ccccc2)C1c1cccc2c(=O)c3ccccc3oc12. The molecule has 1 atom stereocenters. The molecule has 4 aromatic rings. The van der Waals surface area contributed by atoms with E-state index in [0.29, 0.717) is 52.0 Å². The third kappa shape index (κ3) is 5.71. The highest BCUT2D eigenvalue weighted by Gasteiger charge is 2.39. The zero-order valence-corrected chi connectivity index (χ0v) is 24.2. The number of esters is 2. The number of hydrogen-bond acceptors (Lipinski definition) is 8. The Labute approximate surface area is 244 Å². The van der Waals surface area contributed by atoms with Crippen LogP contribution in [-0.2, 0) is 25.6 Å². The van der Waals surface area contributed by atoms with Crippen molar-refractivity contribution >= 4 is 33.9 Å². The van der Waals surface area contributed by atoms with Crippen LogP contribution in [0.2, 0.25) is 0 Å². The summed E-state index contributed by atoms with van der Waals surface area (Å²) in [6.45, 7) is 6.80. The van der Waals surface area contributed by atoms with Crippen LogP contribution in [0.1, 0.15) is 37.8 Å². The van der Waals surface area contributed by atoms with Crippen LogP contribution in [0.4, 0.5) is 0 Å². The van der Waals surface area contributed by atoms with Crippen molar-refractivity contribution in [3.8, 4) is 0 Å². The maximum atomic E-state index is 13.8. The Morgan fingerprint density at radius 2 is 1.50 bits per heavy atom. The lowest BCUT2D eigenvalue weighted by molar-refractivity contribution is -0.140. The molecule has 42 heavy (non-hydrogen) atoms. The quantitative estimate of drug-likeness (QED) is 0.212. The molecule has 0 fully saturated rings. The van der Waals surface area contributed by atoms with Crippen LogP contribution >= 0.6 is 0 Å². The maximum Gasteiger partial charge on any atom is 0.336 e. The first kappa shape index (κ1) is 28.8. The number of nitrogens with zero attached hydrogens (tertiary/aromatic N) is 1. The number of fused-ring (bicyclic) bond motifs is 2. The first-order valence-corrected chi connectivity index (χ1v) is 14.0. The fraction of sp³-hybridized carbons (Fsp3) is 0.265. The van der Waals surface area contributed by atoms with Gasteiger partial charge in [0.2, 0.25) is 5.43 Å². The average Bonchev–Trinajstić information content (AvgIpc) is 2.97. The number of para-hydroxylation sites is 2. The highest BCUT2D eigenvalue weighted by Crippen LogP contribution is 2.42. The molecule has 0 aliphatic carbocycles. The van der Waals surface area contributed by atoms with Gasteiger partial charge in [0.1, 0.15) is 17.8 Å². The number of likely N-dealkylation sites (N-methyl/N-ethyl adjacent to an activating group) is 1. The normalized spacial score (nSPS) is 15.3. The summed E-state index contributed by atoms with van der Waals surface area (Å²) < 4.78 is 17.5. The van der Waals surface area contributed by atoms with E-state index < -0.39 is 17.9 Å². The topological polar surface area (TPSA) is 98.1 Å². The Morgan fingerprint density at radius 3 is 2.21 bits per heavy atom. The fourth-order valence-electron chi connectivity index (χ4n) is 5.47. The van der Waals surface area contributed by atoms with Gasteiger partial charge in [-0.15, -0.1) is 0 Å². The van der Waals surface area contributed by atoms with Gasteiger partial charge in [0, 0.05) is 30.0 Å². The highest BCUT2D eigenvalue weighted by atomic mass is 16.5. The highest BCUT2D eigenvalue weighted by molar-refractivity contribution is 6.02. The van der Waals surface area contributed by atoms with Crippen molar-refractivity contribution in [2.75, 3.05) is 26.8 Å². The molecule has 0 amide bonds. The van der Waals surface area contributed by atoms with Crippen molar-refractivity contribution in [2.24, 2.45) is 0 Å². The second-order valence-electron chi connectivity index (χ2n) is 10.4. The molecule has 0 radical (unpaired) electrons. The fourth-order valence-corrected chi connectivity index (χ4v) is 5.47. The van der Waals surface area contributed by atoms with Gasteiger partial charge >= 0.3 is 11.9 Å². The summed E-state index contributed by atoms with van der Waals surface area (Å²) in [6.07, 6.45) is 0. The molecule has 8 heteroatoms. The Kier molecular flexibility index (Phi) is 8.54. The van der Waals surface area contributed by atoms with E-state index in [0.717, 1.165) is 5.56 Å². The van der Waals surface area contributed by atoms with Gasteiger partial charge in [0.15, 0.2) is 0 Å². The predicted molar refractivity (Wildman–Crippen MR) is 162 cm³/mol. The van der Waals surface area contributed by atoms with E-state index in [1.54, 1.807) is 63.2 Å². The Balaban J connectivity index is 1.53. The van der Waals surface area contributed by atoms with Crippen LogP contribution in [0.3, 0.4) is 0 Å². The van der Waals surface area contributed by atoms with Crippen LogP contribution in [0.5, 0.6) is 0 Å². The molecule has 1 aliphatic rings. The molecule has 0 saturated carbocycles. The Bertz CT molecular complexity index is 1770. The number of hydrogen-bond donors (Lipinski definition) is 1. The second kappa shape index (κ2) is 12.4. The van der Waals surface area contributed by atoms with E-state index in [-0.39, 0.29) is 29.8 Å². The lowest BCUT2D eigenvalue weighted by Crippen LogP contribution is -2.33. The molecule has 216 valence electrons. The molecule has 1 N–H and O–H groups in total. The van der Waals surface area contributed by atoms with E-state index in [4.69, 9.17) is 13.9 Å². The molecule has 0 saturated heterocycles. The van der Waals surface area contributed by atoms with Crippen molar-refractivity contribution in [3.63, 3.8) is 0 Å². The number of dihydropyridines is 1. The van der Waals surface area contributed by atoms with E-state index in [1.165, 1.54) is 0 Å². The van der Waals surface area contributed by atoms with Gasteiger partial charge in [-0.1, -0.05) is 54.6 Å². The number of nitrogens with one attached hydrogen (secondary N) is 1. The Hall–Kier alpha value is -4.69. The predicted octanol–water partition coefficient (Wildman–Crippen LogP) is 5.42. The molecular weight excluding hydrogens is 532 g/mol. The summed E-state index contributed by atoms with van der Waals surface area (Å²) in [5, 5.41) is 3.99. The first-order valence-electron chi connectivity index (χ1n) is 14.0. The van der Waals surface area contributed by atoms with Crippen molar-refractivity contribution in [1.82, 2.24) is 10.2 Å². The molecule has 3 aromatic carbocycles. The van der Waals surface area contributed by atoms with Gasteiger partial charge < -0.3 is 19.2 Å². The molecule has 1 unspecified atom stereocenters. The minimum atomic E-state index is -0.882. The zero-order valence-electron chi connectivity index (χ0n) is 24.2. The summed E-state index contributed by atoms with van der Waals surface area (Å²) in [5.74, 6) is -2.01. The smallest absolute Gasteiger partial charge is 0.336 e. The summed E-state index contributed by atoms with van der Waals surface area (Å²) >= 11 is 0. The zero-order chi connectivity index (χ0) is 29.8. The van der Waals surface area contributed by atoms with Crippen LogP contribution in [0.25, 0.3) is 21.9 Å². The van der Waals surface area contributed by atoms with Crippen LogP contribution in [-0.4, -0.2) is 43.6 Å². The van der Waals surface area contributed by atoms with Gasteiger partial charge in [-0.05, 0) is 51.6 Å². The van der Waals surface area contributed by atoms with E-state index in [1.807, 2.05) is 37.4 Å². The van der Waals surface area contributed by atoms with E-state index in [2.05, 4.69) is 10.2 Å². The van der Waals surface area contributed by atoms with Crippen molar-refractivity contribution in [1.29, 1.82) is 0 Å². The van der Waals surface area contributed by atoms with Gasteiger partial charge in [0.25, 0.3) is 0 Å². The summed E-state index contributed by atoms with van der Waals surface area (Å²) in [4.78, 5) is 42.6. The second-order valence-corrected chi connectivity index (χ2v) is 10.4. The third-order valence-corrected chi connectivity index (χ3v) is 7.42. The summed E-state index contributed by atoms with van der Waals surface area (Å²) in [6, 6.07) is 22.3. The van der Waals surface area contributed by atoms with Crippen LogP contribution in [0.15, 0.2) is 105 Å². The summed E-state index contributed by atoms with van der Waals surface area (Å²) in [5.41, 5.74) is 3.83. The minimum absolute atomic E-state index is 0.151. The number of rotatable bonds is 9. The molecule has 5 rings (SSSR count). The molecule has 0 spiro atoms. The van der Waals surface area contributed by atoms with Gasteiger partial charge in [0.05, 0.1) is 34.4 Å². The van der Waals surface area contributed by atoms with Crippen molar-refractivity contribution < 1.29 is 23.5 Å². The molecule has 8 nitrogen and oxygen atoms in total. The van der Waals surface area contributed by atoms with Crippen LogP contribution in [0, 0.1) is 0 Å². The molecule has 2 heterocycles. The monoisotopic (exact) mass is 566 g/mol. The van der Waals surface area contributed by atoms with Crippen molar-refractivity contribution in [2.45, 2.75) is 33.2 Å². The average molecular weight is 567 g/mol. The van der Waals surface area contributed by atoms with E-state index >= 15 is 0 Å². The third-order valence-electron chi connectivity index (χ3n) is 7.42. The minimum Gasteiger partial charge on any atom is -0.463 e. The standard InChI is InChI=1S/C34H34N2O6/c1-5-40-33(38)28-21(2)35-22(3)29(34(39)41-19-18-36(4)20-23-12-7-6-8-13-23)30(28)25-15-11-16-26-31(37)24-14-9-10-17-27(24)42-32(25)26/h6-17,30,35H,5,18-20H2,1-4H3. The van der Waals surface area contributed by atoms with Gasteiger partial charge in [-0.3, -0.25) is 9.69 Å². The molecular formula is C34H34N2O6. The molecule has 1 aliphatic heterocycles. The number of carbonyl (C=O) groups is 2. The van der Waals surface area contributed by atoms with Crippen molar-refractivity contribution in [3.05, 3.63) is 117 Å². The maximum absolute atomic E-state index is 13.8. The Morgan fingerprint density at radius 1 is 0.857 bits per heavy atom. The largest absolute Gasteiger partial charge is 0.463 e. The number of benzene rings is 3. The summed E-state index contributed by atoms with van der Waals surface area (Å²) in [7, 11) is 1.96. The van der Waals surface area contributed by atoms with Gasteiger partial charge in [-0.25, -0.2) is 9.59 Å². The van der Waals surface area contributed by atoms with Crippen LogP contribution < -0.4 is 10.7 Å². The van der Waals surface area contributed by atoms with Gasteiger partial charge in [-0.2, -0.15) is 0 Å². The number of allylic oxidation sites excluding steroid dienone is 2. The number of ether oxygens (including phenoxy) is 2. The first-order chi connectivity index (χ1) is 20.3. The lowest BCUT2D eigenvalue weighted by atomic mass is 9.79. The number of carbonyl (C=O) groups excluding carboxylic acids is 2. The van der Waals surface area contributed by atoms with E-state index in [9.17, 15) is 14.4 Å².